The van der Waals surface area contributed by atoms with Gasteiger partial charge in [0.25, 0.3) is 0 Å². The third kappa shape index (κ3) is 5.53. The molecule has 3 heterocycles. The summed E-state index contributed by atoms with van der Waals surface area (Å²) < 4.78 is 12.2. The summed E-state index contributed by atoms with van der Waals surface area (Å²) in [5, 5.41) is 19.9. The summed E-state index contributed by atoms with van der Waals surface area (Å²) in [6.07, 6.45) is 6.68. The van der Waals surface area contributed by atoms with E-state index in [9.17, 15) is 15.2 Å². The average Bonchev–Trinajstić information content (AvgIpc) is 3.61. The van der Waals surface area contributed by atoms with Crippen molar-refractivity contribution in [1.82, 2.24) is 14.8 Å². The number of nitrogens with one attached hydrogen (secondary N) is 1. The van der Waals surface area contributed by atoms with Gasteiger partial charge in [-0.15, -0.1) is 0 Å². The Kier molecular flexibility index (Phi) is 7.30. The molecule has 1 aromatic heterocycles. The Bertz CT molecular complexity index is 1370. The van der Waals surface area contributed by atoms with Gasteiger partial charge in [-0.25, -0.2) is 4.79 Å². The molecule has 0 radical (unpaired) electrons. The number of H-pyrrole nitrogens is 1. The number of aromatic carboxylic acids is 1. The Morgan fingerprint density at radius 1 is 1.15 bits per heavy atom. The second kappa shape index (κ2) is 11.0. The van der Waals surface area contributed by atoms with Crippen molar-refractivity contribution in [2.75, 3.05) is 32.8 Å². The number of likely N-dealkylation sites (tertiary alicyclic amines) is 2. The van der Waals surface area contributed by atoms with Gasteiger partial charge in [0, 0.05) is 60.9 Å². The molecule has 1 unspecified atom stereocenters. The number of nitriles is 1. The normalized spacial score (nSPS) is 22.5. The summed E-state index contributed by atoms with van der Waals surface area (Å²) in [6, 6.07) is 14.6. The second-order valence-corrected chi connectivity index (χ2v) is 11.2. The van der Waals surface area contributed by atoms with Gasteiger partial charge in [0.05, 0.1) is 30.3 Å². The third-order valence-electron chi connectivity index (χ3n) is 8.53. The van der Waals surface area contributed by atoms with Crippen molar-refractivity contribution in [1.29, 1.82) is 5.26 Å². The highest BCUT2D eigenvalue weighted by Gasteiger charge is 2.38. The number of hydrogen-bond acceptors (Lipinski definition) is 6. The Hall–Kier alpha value is -3.38. The summed E-state index contributed by atoms with van der Waals surface area (Å²) in [7, 11) is 0. The van der Waals surface area contributed by atoms with Gasteiger partial charge < -0.3 is 19.6 Å². The topological polar surface area (TPSA) is 102 Å². The molecule has 3 fully saturated rings. The Morgan fingerprint density at radius 2 is 1.95 bits per heavy atom. The molecule has 3 aromatic rings. The summed E-state index contributed by atoms with van der Waals surface area (Å²) >= 11 is 0. The zero-order chi connectivity index (χ0) is 26.9. The second-order valence-electron chi connectivity index (χ2n) is 11.2. The Labute approximate surface area is 229 Å². The molecule has 2 aromatic carbocycles. The van der Waals surface area contributed by atoms with E-state index in [0.717, 1.165) is 74.3 Å². The number of fused-ring (bicyclic) bond motifs is 1. The van der Waals surface area contributed by atoms with E-state index in [0.29, 0.717) is 30.9 Å². The maximum absolute atomic E-state index is 11.5. The van der Waals surface area contributed by atoms with Crippen LogP contribution in [0.15, 0.2) is 42.6 Å². The molecule has 8 heteroatoms. The number of aromatic amines is 1. The van der Waals surface area contributed by atoms with Gasteiger partial charge in [-0.05, 0) is 68.0 Å². The molecule has 2 N–H and O–H groups in total. The van der Waals surface area contributed by atoms with Gasteiger partial charge in [-0.1, -0.05) is 12.1 Å². The fourth-order valence-electron chi connectivity index (χ4n) is 6.14. The number of nitrogens with zero attached hydrogens (tertiary/aromatic N) is 3. The molecule has 6 rings (SSSR count). The number of aromatic nitrogens is 1. The number of hydrogen-bond donors (Lipinski definition) is 2. The lowest BCUT2D eigenvalue weighted by Gasteiger charge is -2.48. The minimum Gasteiger partial charge on any atom is -0.491 e. The number of rotatable bonds is 10. The van der Waals surface area contributed by atoms with Crippen molar-refractivity contribution in [2.24, 2.45) is 5.92 Å². The van der Waals surface area contributed by atoms with Crippen molar-refractivity contribution in [3.63, 3.8) is 0 Å². The summed E-state index contributed by atoms with van der Waals surface area (Å²) in [6.45, 7) is 6.55. The monoisotopic (exact) mass is 528 g/mol. The number of aryl methyl sites for hydroxylation is 1. The maximum Gasteiger partial charge on any atom is 0.335 e. The summed E-state index contributed by atoms with van der Waals surface area (Å²) in [5.41, 5.74) is 4.88. The van der Waals surface area contributed by atoms with Crippen LogP contribution >= 0.6 is 0 Å². The first-order chi connectivity index (χ1) is 19.0. The number of benzene rings is 2. The predicted octanol–water partition coefficient (Wildman–Crippen LogP) is 4.89. The molecular weight excluding hydrogens is 492 g/mol. The number of carboxylic acid groups (broad SMARTS) is 1. The van der Waals surface area contributed by atoms with Crippen LogP contribution in [0.5, 0.6) is 5.75 Å². The van der Waals surface area contributed by atoms with Gasteiger partial charge >= 0.3 is 5.97 Å². The quantitative estimate of drug-likeness (QED) is 0.361. The van der Waals surface area contributed by atoms with E-state index in [-0.39, 0.29) is 12.0 Å². The fourth-order valence-corrected chi connectivity index (χ4v) is 6.14. The number of carbonyl (C=O) groups is 1. The van der Waals surface area contributed by atoms with Crippen molar-refractivity contribution >= 4 is 16.9 Å². The van der Waals surface area contributed by atoms with E-state index >= 15 is 0 Å². The average molecular weight is 529 g/mol. The molecule has 0 spiro atoms. The zero-order valence-electron chi connectivity index (χ0n) is 22.4. The molecule has 1 aliphatic carbocycles. The van der Waals surface area contributed by atoms with E-state index < -0.39 is 5.97 Å². The first-order valence-corrected chi connectivity index (χ1v) is 14.0. The minimum absolute atomic E-state index is 0.133. The SMILES string of the molecule is Cc1cc(OCCOC2CC2)c(CN2CCC(N3CC(C#N)C3)C[C@H]2c2ccc(C(=O)O)cc2)c2cc[nH]c12. The molecule has 39 heavy (non-hydrogen) atoms. The van der Waals surface area contributed by atoms with Crippen LogP contribution in [-0.4, -0.2) is 70.9 Å². The van der Waals surface area contributed by atoms with Gasteiger partial charge in [-0.3, -0.25) is 9.80 Å². The van der Waals surface area contributed by atoms with Gasteiger partial charge in [0.15, 0.2) is 0 Å². The molecule has 2 aliphatic heterocycles. The Morgan fingerprint density at radius 3 is 2.67 bits per heavy atom. The zero-order valence-corrected chi connectivity index (χ0v) is 22.4. The molecule has 2 saturated heterocycles. The van der Waals surface area contributed by atoms with E-state index in [2.05, 4.69) is 39.9 Å². The van der Waals surface area contributed by atoms with Crippen LogP contribution in [0, 0.1) is 24.2 Å². The van der Waals surface area contributed by atoms with Crippen LogP contribution in [0.3, 0.4) is 0 Å². The molecule has 1 saturated carbocycles. The lowest BCUT2D eigenvalue weighted by atomic mass is 9.87. The first kappa shape index (κ1) is 25.9. The lowest BCUT2D eigenvalue weighted by Crippen LogP contribution is -2.55. The van der Waals surface area contributed by atoms with Crippen LogP contribution in [0.2, 0.25) is 0 Å². The molecule has 0 bridgehead atoms. The summed E-state index contributed by atoms with van der Waals surface area (Å²) in [4.78, 5) is 19.8. The van der Waals surface area contributed by atoms with Crippen molar-refractivity contribution in [2.45, 2.75) is 57.3 Å². The van der Waals surface area contributed by atoms with E-state index in [4.69, 9.17) is 9.47 Å². The van der Waals surface area contributed by atoms with E-state index in [1.54, 1.807) is 12.1 Å². The highest BCUT2D eigenvalue weighted by atomic mass is 16.5. The van der Waals surface area contributed by atoms with Crippen LogP contribution in [0.4, 0.5) is 0 Å². The number of ether oxygens (including phenoxy) is 2. The summed E-state index contributed by atoms with van der Waals surface area (Å²) in [5.74, 6) is 0.125. The molecule has 0 amide bonds. The van der Waals surface area contributed by atoms with E-state index in [1.807, 2.05) is 18.3 Å². The predicted molar refractivity (Wildman–Crippen MR) is 148 cm³/mol. The Balaban J connectivity index is 1.27. The highest BCUT2D eigenvalue weighted by molar-refractivity contribution is 5.88. The van der Waals surface area contributed by atoms with Crippen LogP contribution in [-0.2, 0) is 11.3 Å². The molecule has 3 aliphatic rings. The third-order valence-corrected chi connectivity index (χ3v) is 8.53. The van der Waals surface area contributed by atoms with Crippen molar-refractivity contribution < 1.29 is 19.4 Å². The molecular formula is C31H36N4O4. The van der Waals surface area contributed by atoms with Gasteiger partial charge in [-0.2, -0.15) is 5.26 Å². The highest BCUT2D eigenvalue weighted by Crippen LogP contribution is 2.39. The van der Waals surface area contributed by atoms with Crippen LogP contribution < -0.4 is 4.74 Å². The van der Waals surface area contributed by atoms with Crippen LogP contribution in [0.1, 0.15) is 58.8 Å². The molecule has 204 valence electrons. The largest absolute Gasteiger partial charge is 0.491 e. The van der Waals surface area contributed by atoms with E-state index in [1.165, 1.54) is 10.9 Å². The fraction of sp³-hybridized carbons (Fsp3) is 0.484. The lowest BCUT2D eigenvalue weighted by molar-refractivity contribution is 0.0116. The standard InChI is InChI=1S/C31H36N4O4/c1-20-14-29(39-13-12-38-25-6-7-25)27(26-8-10-33-30(20)26)19-34-11-9-24(35-17-21(16-32)18-35)15-28(34)22-2-4-23(5-3-22)31(36)37/h2-5,8,10,14,21,24-25,28,33H,6-7,9,11-13,15,17-19H2,1H3,(H,36,37)/t24?,28-/m0/s1. The smallest absolute Gasteiger partial charge is 0.335 e. The molecule has 2 atom stereocenters. The maximum atomic E-state index is 11.5. The van der Waals surface area contributed by atoms with Crippen LogP contribution in [0.25, 0.3) is 10.9 Å². The van der Waals surface area contributed by atoms with Gasteiger partial charge in [0.2, 0.25) is 0 Å². The van der Waals surface area contributed by atoms with Crippen molar-refractivity contribution in [3.8, 4) is 11.8 Å². The minimum atomic E-state index is -0.912. The van der Waals surface area contributed by atoms with Crippen molar-refractivity contribution in [3.05, 3.63) is 64.8 Å². The number of carboxylic acids is 1. The van der Waals surface area contributed by atoms with Gasteiger partial charge in [0.1, 0.15) is 12.4 Å². The number of piperidine rings is 1. The first-order valence-electron chi connectivity index (χ1n) is 14.0. The molecule has 8 nitrogen and oxygen atoms in total.